The van der Waals surface area contributed by atoms with E-state index >= 15 is 0 Å². The van der Waals surface area contributed by atoms with E-state index in [2.05, 4.69) is 24.2 Å². The second kappa shape index (κ2) is 15.3. The number of aryl methyl sites for hydroxylation is 1. The fourth-order valence-corrected chi connectivity index (χ4v) is 3.63. The molecule has 0 saturated heterocycles. The predicted octanol–water partition coefficient (Wildman–Crippen LogP) is 4.43. The fraction of sp³-hybridized carbons (Fsp3) is 0.179. The molecule has 4 rings (SSSR count). The van der Waals surface area contributed by atoms with Gasteiger partial charge >= 0.3 is 17.9 Å². The number of benzene rings is 2. The Morgan fingerprint density at radius 3 is 2.29 bits per heavy atom. The number of carbonyl (C=O) groups is 4. The van der Waals surface area contributed by atoms with Crippen LogP contribution in [0, 0.1) is 7.43 Å². The van der Waals surface area contributed by atoms with Gasteiger partial charge in [-0.2, -0.15) is 0 Å². The van der Waals surface area contributed by atoms with E-state index < -0.39 is 11.8 Å². The van der Waals surface area contributed by atoms with Crippen LogP contribution in [0.4, 0.5) is 0 Å². The molecule has 0 atom stereocenters. The van der Waals surface area contributed by atoms with Crippen LogP contribution >= 0.6 is 0 Å². The minimum atomic E-state index is -0.907. The molecule has 2 aromatic carbocycles. The van der Waals surface area contributed by atoms with Crippen LogP contribution in [0.15, 0.2) is 60.9 Å². The van der Waals surface area contributed by atoms with Crippen molar-refractivity contribution in [1.82, 2.24) is 9.97 Å². The van der Waals surface area contributed by atoms with E-state index in [9.17, 15) is 19.2 Å². The molecule has 0 aliphatic carbocycles. The van der Waals surface area contributed by atoms with E-state index in [1.54, 1.807) is 18.2 Å². The minimum Gasteiger partial charge on any atom is -0.469 e. The molecule has 0 aliphatic rings. The van der Waals surface area contributed by atoms with Gasteiger partial charge in [0.25, 0.3) is 5.78 Å². The summed E-state index contributed by atoms with van der Waals surface area (Å²) in [6.45, 7) is 0. The van der Waals surface area contributed by atoms with Crippen molar-refractivity contribution in [2.24, 2.45) is 0 Å². The molecule has 2 heterocycles. The Labute approximate surface area is 234 Å². The number of hydrogen-bond acceptors (Lipinski definition) is 7. The van der Waals surface area contributed by atoms with Gasteiger partial charge in [0.05, 0.1) is 32.4 Å². The van der Waals surface area contributed by atoms with Crippen LogP contribution in [-0.2, 0) is 55.4 Å². The van der Waals surface area contributed by atoms with Gasteiger partial charge in [0, 0.05) is 56.2 Å². The van der Waals surface area contributed by atoms with E-state index in [0.717, 1.165) is 34.7 Å². The summed E-state index contributed by atoms with van der Waals surface area (Å²) in [6.07, 6.45) is 7.23. The maximum atomic E-state index is 11.9. The summed E-state index contributed by atoms with van der Waals surface area (Å²) in [5, 5.41) is 1.76. The van der Waals surface area contributed by atoms with E-state index in [4.69, 9.17) is 0 Å². The molecule has 2 aromatic heterocycles. The number of ether oxygens (including phenoxy) is 3. The zero-order valence-corrected chi connectivity index (χ0v) is 23.0. The number of para-hydroxylation sites is 2. The van der Waals surface area contributed by atoms with E-state index in [0.29, 0.717) is 11.8 Å². The minimum absolute atomic E-state index is 0. The number of methoxy groups -OCH3 is 3. The molecule has 2 N–H and O–H groups in total. The van der Waals surface area contributed by atoms with E-state index in [1.807, 2.05) is 36.5 Å². The zero-order chi connectivity index (χ0) is 26.1. The first kappa shape index (κ1) is 32.0. The van der Waals surface area contributed by atoms with Crippen LogP contribution < -0.4 is 0 Å². The number of rotatable bonds is 7. The maximum Gasteiger partial charge on any atom is 0.379 e. The van der Waals surface area contributed by atoms with Crippen molar-refractivity contribution >= 4 is 51.6 Å². The molecule has 4 aromatic rings. The first-order valence-electron chi connectivity index (χ1n) is 11.0. The summed E-state index contributed by atoms with van der Waals surface area (Å²) in [4.78, 5) is 51.5. The average Bonchev–Trinajstić information content (AvgIpc) is 3.57. The summed E-state index contributed by atoms with van der Waals surface area (Å²) in [7, 11) is 3.86. The van der Waals surface area contributed by atoms with Crippen molar-refractivity contribution in [2.45, 2.75) is 12.8 Å². The van der Waals surface area contributed by atoms with Crippen molar-refractivity contribution in [2.75, 3.05) is 21.3 Å². The third-order valence-corrected chi connectivity index (χ3v) is 5.46. The van der Waals surface area contributed by atoms with Gasteiger partial charge in [0.15, 0.2) is 0 Å². The molecule has 0 unspecified atom stereocenters. The van der Waals surface area contributed by atoms with Crippen LogP contribution in [0.3, 0.4) is 0 Å². The Morgan fingerprint density at radius 1 is 0.868 bits per heavy atom. The van der Waals surface area contributed by atoms with Crippen molar-refractivity contribution < 1.29 is 53.8 Å². The van der Waals surface area contributed by atoms with Gasteiger partial charge in [-0.25, -0.2) is 9.59 Å². The van der Waals surface area contributed by atoms with Crippen LogP contribution in [0.2, 0.25) is 0 Å². The number of H-pyrrole nitrogens is 2. The molecular formula is C28H29N2O7Pd-. The molecule has 204 valence electrons. The third kappa shape index (κ3) is 7.75. The standard InChI is InChI=1S/C15H15NO5.C12H11NO2.CH3.Pd/c1-20-12(17)7-6-9-4-3-5-10-11(8-16-13(9)10)14(18)15(19)21-2;1-15-11(14)6-5-9-3-2-4-10-7-8-13-12(9)10;;/h3-5,8,16H,6-7H2,1-2H3;2-8,13H,1H3;1H3;/q;;-1;/b;6-5+;;. The largest absolute Gasteiger partial charge is 0.469 e. The zero-order valence-electron chi connectivity index (χ0n) is 21.4. The monoisotopic (exact) mass is 611 g/mol. The molecule has 0 fully saturated rings. The molecule has 0 saturated carbocycles. The number of aromatic nitrogens is 2. The molecule has 0 spiro atoms. The summed E-state index contributed by atoms with van der Waals surface area (Å²) in [5.41, 5.74) is 3.87. The van der Waals surface area contributed by atoms with E-state index in [-0.39, 0.29) is 51.8 Å². The maximum absolute atomic E-state index is 11.9. The first-order valence-corrected chi connectivity index (χ1v) is 11.0. The van der Waals surface area contributed by atoms with Crippen LogP contribution in [0.25, 0.3) is 27.9 Å². The normalized spacial score (nSPS) is 10.1. The van der Waals surface area contributed by atoms with Gasteiger partial charge in [0.2, 0.25) is 0 Å². The smallest absolute Gasteiger partial charge is 0.379 e. The second-order valence-corrected chi connectivity index (χ2v) is 7.58. The van der Waals surface area contributed by atoms with Gasteiger partial charge in [-0.1, -0.05) is 36.4 Å². The summed E-state index contributed by atoms with van der Waals surface area (Å²) in [5.74, 6) is -2.26. The van der Waals surface area contributed by atoms with Gasteiger partial charge in [-0.3, -0.25) is 9.59 Å². The molecule has 0 aliphatic heterocycles. The SMILES string of the molecule is COC(=O)/C=C/c1cccc2cc[nH]c12.COC(=O)CCc1cccc2c(C(=O)C(=O)OC)c[nH]c12.[CH3-].[Pd]. The third-order valence-electron chi connectivity index (χ3n) is 5.46. The van der Waals surface area contributed by atoms with Crippen LogP contribution in [0.5, 0.6) is 0 Å². The quantitative estimate of drug-likeness (QED) is 0.0602. The topological polar surface area (TPSA) is 128 Å². The van der Waals surface area contributed by atoms with Crippen LogP contribution in [0.1, 0.15) is 27.9 Å². The van der Waals surface area contributed by atoms with Crippen molar-refractivity contribution in [3.63, 3.8) is 0 Å². The van der Waals surface area contributed by atoms with Gasteiger partial charge < -0.3 is 31.6 Å². The number of ketones is 1. The summed E-state index contributed by atoms with van der Waals surface area (Å²) < 4.78 is 13.6. The summed E-state index contributed by atoms with van der Waals surface area (Å²) >= 11 is 0. The number of nitrogens with one attached hydrogen (secondary N) is 2. The van der Waals surface area contributed by atoms with E-state index in [1.165, 1.54) is 26.5 Å². The Morgan fingerprint density at radius 2 is 1.61 bits per heavy atom. The number of esters is 3. The number of aromatic amines is 2. The van der Waals surface area contributed by atoms with Crippen molar-refractivity contribution in [3.8, 4) is 0 Å². The number of fused-ring (bicyclic) bond motifs is 2. The Bertz CT molecular complexity index is 1440. The summed E-state index contributed by atoms with van der Waals surface area (Å²) in [6, 6.07) is 13.3. The van der Waals surface area contributed by atoms with Gasteiger partial charge in [-0.05, 0) is 35.1 Å². The molecule has 0 radical (unpaired) electrons. The average molecular weight is 612 g/mol. The number of hydrogen-bond donors (Lipinski definition) is 2. The second-order valence-electron chi connectivity index (χ2n) is 7.58. The number of Topliss-reactive ketones (excluding diaryl/α,β-unsaturated/α-hetero) is 1. The molecular weight excluding hydrogens is 583 g/mol. The van der Waals surface area contributed by atoms with Crippen LogP contribution in [-0.4, -0.2) is 55.0 Å². The number of carbonyl (C=O) groups excluding carboxylic acids is 4. The first-order chi connectivity index (χ1) is 17.4. The molecule has 0 bridgehead atoms. The predicted molar refractivity (Wildman–Crippen MR) is 141 cm³/mol. The molecule has 9 nitrogen and oxygen atoms in total. The van der Waals surface area contributed by atoms with Gasteiger partial charge in [0.1, 0.15) is 0 Å². The molecule has 10 heteroatoms. The fourth-order valence-electron chi connectivity index (χ4n) is 3.63. The molecule has 38 heavy (non-hydrogen) atoms. The Balaban J connectivity index is 0.000000378. The Kier molecular flexibility index (Phi) is 12.9. The molecule has 0 amide bonds. The van der Waals surface area contributed by atoms with Gasteiger partial charge in [-0.15, -0.1) is 0 Å². The van der Waals surface area contributed by atoms with Crippen molar-refractivity contribution in [3.05, 3.63) is 85.1 Å². The Hall–Kier alpha value is -4.00. The van der Waals surface area contributed by atoms with Crippen molar-refractivity contribution in [1.29, 1.82) is 0 Å².